The third kappa shape index (κ3) is 6.35. The Morgan fingerprint density at radius 1 is 1.11 bits per heavy atom. The number of aromatic hydroxyl groups is 1. The monoisotopic (exact) mass is 636 g/mol. The van der Waals surface area contributed by atoms with Crippen molar-refractivity contribution in [1.29, 1.82) is 0 Å². The molecule has 3 aromatic rings. The Morgan fingerprint density at radius 2 is 1.84 bits per heavy atom. The number of sulfone groups is 1. The molecule has 0 aromatic heterocycles. The molecule has 2 N–H and O–H groups in total. The number of phenols is 1. The minimum absolute atomic E-state index is 0.0441. The van der Waals surface area contributed by atoms with Gasteiger partial charge in [0, 0.05) is 22.9 Å². The fourth-order valence-corrected chi connectivity index (χ4v) is 8.31. The zero-order valence-corrected chi connectivity index (χ0v) is 26.8. The molecule has 0 radical (unpaired) electrons. The Balaban J connectivity index is 1.77. The molecule has 9 nitrogen and oxygen atoms in total. The number of hydrogen-bond acceptors (Lipinski definition) is 8. The highest BCUT2D eigenvalue weighted by Crippen LogP contribution is 2.52. The summed E-state index contributed by atoms with van der Waals surface area (Å²) in [4.78, 5) is 15.7. The Hall–Kier alpha value is -4.51. The number of anilines is 2. The maximum atomic E-state index is 16.2. The van der Waals surface area contributed by atoms with Gasteiger partial charge in [0.2, 0.25) is 5.91 Å². The highest BCUT2D eigenvalue weighted by molar-refractivity contribution is 7.95. The number of allylic oxidation sites excluding steroid dienone is 1. The lowest BCUT2D eigenvalue weighted by molar-refractivity contribution is -0.118. The van der Waals surface area contributed by atoms with Gasteiger partial charge in [0.25, 0.3) is 0 Å². The van der Waals surface area contributed by atoms with Crippen molar-refractivity contribution in [3.8, 4) is 23.0 Å². The standard InChI is InChI=1S/C34H37FN2O7S/c1-20(2)18-44-23-10-12-24(25(35)16-23)32-33-26(17-34(3,4)19-45(33,40)41)36-31-27(8-7-9-28(31)38)37(32)30(39)15-21-14-22(42-5)11-13-29(21)43-6/h7-14,16,32,36,38H,1,15,17-19H2,2-6H3/t32-/m0/s1. The van der Waals surface area contributed by atoms with Crippen LogP contribution in [0, 0.1) is 11.2 Å². The number of methoxy groups -OCH3 is 2. The summed E-state index contributed by atoms with van der Waals surface area (Å²) < 4.78 is 61.1. The van der Waals surface area contributed by atoms with Crippen molar-refractivity contribution in [1.82, 2.24) is 0 Å². The summed E-state index contributed by atoms with van der Waals surface area (Å²) in [5.41, 5.74) is 1.12. The van der Waals surface area contributed by atoms with Crippen LogP contribution in [0.25, 0.3) is 0 Å². The van der Waals surface area contributed by atoms with E-state index < -0.39 is 33.0 Å². The van der Waals surface area contributed by atoms with E-state index in [2.05, 4.69) is 11.9 Å². The lowest BCUT2D eigenvalue weighted by atomic mass is 9.88. The molecule has 0 fully saturated rings. The van der Waals surface area contributed by atoms with Crippen molar-refractivity contribution in [3.63, 3.8) is 0 Å². The van der Waals surface area contributed by atoms with E-state index in [1.807, 2.05) is 13.8 Å². The van der Waals surface area contributed by atoms with Gasteiger partial charge in [-0.3, -0.25) is 9.69 Å². The average Bonchev–Trinajstić information content (AvgIpc) is 3.10. The second-order valence-electron chi connectivity index (χ2n) is 12.2. The fraction of sp³-hybridized carbons (Fsp3) is 0.324. The molecule has 1 atom stereocenters. The maximum absolute atomic E-state index is 16.2. The Kier molecular flexibility index (Phi) is 8.59. The molecular formula is C34H37FN2O7S. The number of fused-ring (bicyclic) bond motifs is 1. The van der Waals surface area contributed by atoms with E-state index in [-0.39, 0.29) is 64.2 Å². The van der Waals surface area contributed by atoms with Gasteiger partial charge in [0.05, 0.1) is 37.0 Å². The van der Waals surface area contributed by atoms with E-state index >= 15 is 4.39 Å². The third-order valence-electron chi connectivity index (χ3n) is 7.78. The molecule has 2 aliphatic rings. The zero-order chi connectivity index (χ0) is 32.7. The Bertz CT molecular complexity index is 1820. The molecule has 0 unspecified atom stereocenters. The molecule has 2 heterocycles. The topological polar surface area (TPSA) is 114 Å². The van der Waals surface area contributed by atoms with Gasteiger partial charge in [-0.2, -0.15) is 0 Å². The third-order valence-corrected chi connectivity index (χ3v) is 10.1. The van der Waals surface area contributed by atoms with Gasteiger partial charge in [0.1, 0.15) is 47.2 Å². The number of para-hydroxylation sites is 1. The number of phenolic OH excluding ortho intramolecular Hbond substituents is 1. The van der Waals surface area contributed by atoms with E-state index in [0.29, 0.717) is 17.1 Å². The van der Waals surface area contributed by atoms with E-state index in [1.54, 1.807) is 37.3 Å². The van der Waals surface area contributed by atoms with Crippen molar-refractivity contribution in [2.75, 3.05) is 36.8 Å². The second-order valence-corrected chi connectivity index (χ2v) is 14.1. The Morgan fingerprint density at radius 3 is 2.51 bits per heavy atom. The van der Waals surface area contributed by atoms with E-state index in [4.69, 9.17) is 14.2 Å². The van der Waals surface area contributed by atoms with Gasteiger partial charge in [-0.1, -0.05) is 26.5 Å². The molecule has 3 aromatic carbocycles. The van der Waals surface area contributed by atoms with Gasteiger partial charge in [0.15, 0.2) is 9.84 Å². The van der Waals surface area contributed by atoms with Crippen molar-refractivity contribution in [2.24, 2.45) is 5.41 Å². The molecule has 0 saturated heterocycles. The van der Waals surface area contributed by atoms with Gasteiger partial charge in [-0.15, -0.1) is 0 Å². The number of amides is 1. The molecule has 0 spiro atoms. The van der Waals surface area contributed by atoms with Crippen LogP contribution >= 0.6 is 0 Å². The van der Waals surface area contributed by atoms with Gasteiger partial charge in [-0.05, 0) is 66.8 Å². The van der Waals surface area contributed by atoms with Crippen LogP contribution in [0.5, 0.6) is 23.0 Å². The number of halogens is 1. The first kappa shape index (κ1) is 31.9. The van der Waals surface area contributed by atoms with Crippen LogP contribution in [-0.4, -0.2) is 46.0 Å². The summed E-state index contributed by atoms with van der Waals surface area (Å²) in [7, 11) is -1.09. The maximum Gasteiger partial charge on any atom is 0.232 e. The molecule has 2 aliphatic heterocycles. The van der Waals surface area contributed by atoms with E-state index in [0.717, 1.165) is 5.57 Å². The number of hydrogen-bond donors (Lipinski definition) is 2. The van der Waals surface area contributed by atoms with Crippen LogP contribution in [0.1, 0.15) is 44.4 Å². The molecule has 0 saturated carbocycles. The van der Waals surface area contributed by atoms with E-state index in [1.165, 1.54) is 43.4 Å². The number of carbonyl (C=O) groups is 1. The highest BCUT2D eigenvalue weighted by Gasteiger charge is 2.47. The van der Waals surface area contributed by atoms with Gasteiger partial charge < -0.3 is 24.6 Å². The Labute approximate surface area is 262 Å². The molecule has 0 bridgehead atoms. The summed E-state index contributed by atoms with van der Waals surface area (Å²) >= 11 is 0. The molecule has 45 heavy (non-hydrogen) atoms. The zero-order valence-electron chi connectivity index (χ0n) is 25.9. The molecular weight excluding hydrogens is 599 g/mol. The molecule has 1 amide bonds. The second kappa shape index (κ2) is 12.1. The number of carbonyl (C=O) groups excluding carboxylic acids is 1. The van der Waals surface area contributed by atoms with Crippen LogP contribution in [0.15, 0.2) is 77.4 Å². The van der Waals surface area contributed by atoms with Crippen molar-refractivity contribution in [2.45, 2.75) is 39.7 Å². The minimum Gasteiger partial charge on any atom is -0.506 e. The number of nitrogens with one attached hydrogen (secondary N) is 1. The first-order valence-electron chi connectivity index (χ1n) is 14.4. The largest absolute Gasteiger partial charge is 0.506 e. The smallest absolute Gasteiger partial charge is 0.232 e. The predicted octanol–water partition coefficient (Wildman–Crippen LogP) is 6.30. The lowest BCUT2D eigenvalue weighted by Crippen LogP contribution is -2.42. The van der Waals surface area contributed by atoms with Crippen molar-refractivity contribution < 1.29 is 36.9 Å². The van der Waals surface area contributed by atoms with Crippen LogP contribution in [0.3, 0.4) is 0 Å². The summed E-state index contributed by atoms with van der Waals surface area (Å²) in [6.45, 7) is 9.41. The first-order chi connectivity index (χ1) is 21.2. The fourth-order valence-electron chi connectivity index (χ4n) is 5.95. The highest BCUT2D eigenvalue weighted by atomic mass is 32.2. The van der Waals surface area contributed by atoms with Crippen LogP contribution in [-0.2, 0) is 21.1 Å². The van der Waals surface area contributed by atoms with Gasteiger partial charge >= 0.3 is 0 Å². The quantitative estimate of drug-likeness (QED) is 0.219. The number of nitrogens with zero attached hydrogens (tertiary/aromatic N) is 1. The molecule has 238 valence electrons. The number of ether oxygens (including phenoxy) is 3. The van der Waals surface area contributed by atoms with Crippen LogP contribution in [0.4, 0.5) is 15.8 Å². The lowest BCUT2D eigenvalue weighted by Gasteiger charge is -2.37. The molecule has 11 heteroatoms. The van der Waals surface area contributed by atoms with Crippen LogP contribution in [0.2, 0.25) is 0 Å². The average molecular weight is 637 g/mol. The summed E-state index contributed by atoms with van der Waals surface area (Å²) in [6.07, 6.45) is 0.0283. The van der Waals surface area contributed by atoms with Gasteiger partial charge in [-0.25, -0.2) is 12.8 Å². The predicted molar refractivity (Wildman–Crippen MR) is 171 cm³/mol. The molecule has 5 rings (SSSR count). The minimum atomic E-state index is -4.07. The molecule has 0 aliphatic carbocycles. The first-order valence-corrected chi connectivity index (χ1v) is 16.0. The summed E-state index contributed by atoms with van der Waals surface area (Å²) in [5, 5.41) is 14.2. The summed E-state index contributed by atoms with van der Waals surface area (Å²) in [6, 6.07) is 12.3. The van der Waals surface area contributed by atoms with E-state index in [9.17, 15) is 18.3 Å². The number of benzene rings is 3. The van der Waals surface area contributed by atoms with Crippen LogP contribution < -0.4 is 24.4 Å². The number of rotatable bonds is 8. The SMILES string of the molecule is C=C(C)COc1ccc([C@H]2C3=C(CC(C)(C)CS3(=O)=O)Nc3c(O)cccc3N2C(=O)Cc2cc(OC)ccc2OC)c(F)c1. The van der Waals surface area contributed by atoms with Crippen molar-refractivity contribution in [3.05, 3.63) is 94.3 Å². The van der Waals surface area contributed by atoms with Crippen molar-refractivity contribution >= 4 is 27.1 Å². The summed E-state index contributed by atoms with van der Waals surface area (Å²) in [5.74, 6) is -0.591. The normalized spacial score (nSPS) is 18.2.